The third-order valence-corrected chi connectivity index (χ3v) is 8.45. The molecule has 11 nitrogen and oxygen atoms in total. The Bertz CT molecular complexity index is 1550. The van der Waals surface area contributed by atoms with Gasteiger partial charge in [0.05, 0.1) is 64.6 Å². The highest BCUT2D eigenvalue weighted by molar-refractivity contribution is 14.2. The Morgan fingerprint density at radius 3 is 2.72 bits per heavy atom. The number of ether oxygens (including phenoxy) is 1. The van der Waals surface area contributed by atoms with Crippen molar-refractivity contribution in [3.63, 3.8) is 0 Å². The lowest BCUT2D eigenvalue weighted by Gasteiger charge is -2.24. The largest absolute Gasteiger partial charge is 0.473 e. The number of aromatic amines is 1. The first-order chi connectivity index (χ1) is 18.7. The molecule has 5 rings (SSSR count). The smallest absolute Gasteiger partial charge is 0.271 e. The van der Waals surface area contributed by atoms with Crippen molar-refractivity contribution in [2.24, 2.45) is 7.05 Å². The van der Waals surface area contributed by atoms with E-state index in [1.807, 2.05) is 77.6 Å². The standard InChI is InChI=1S/C24H30IN8O3P.C2H6/c1-13(12-34)32-21-11-30(4)10-14(2)36-24-22(15(3)27-31(24)5)19-8-17-18(7-6-16(21)23(35)29-32)28-33(37-25)20(17)9-26-19;1-2/h6-9,13-14,34,37H,10-12H2,1-5H3,(H,29,35);1-2H3/b7-6+;. The van der Waals surface area contributed by atoms with Crippen LogP contribution >= 0.6 is 28.4 Å². The van der Waals surface area contributed by atoms with E-state index < -0.39 is 0 Å². The molecule has 2 N–H and O–H groups in total. The first kappa shape index (κ1) is 29.4. The lowest BCUT2D eigenvalue weighted by atomic mass is 10.1. The summed E-state index contributed by atoms with van der Waals surface area (Å²) in [6, 6.07) is 1.75. The number of H-pyrrole nitrogens is 1. The maximum Gasteiger partial charge on any atom is 0.271 e. The summed E-state index contributed by atoms with van der Waals surface area (Å²) in [7, 11) is 3.86. The number of nitrogens with zero attached hydrogens (tertiary/aromatic N) is 7. The molecule has 4 aromatic heterocycles. The number of rotatable bonds is 3. The van der Waals surface area contributed by atoms with E-state index in [1.165, 1.54) is 0 Å². The first-order valence-corrected chi connectivity index (χ1v) is 17.0. The molecule has 5 heterocycles. The first-order valence-electron chi connectivity index (χ1n) is 13.0. The molecule has 0 spiro atoms. The van der Waals surface area contributed by atoms with E-state index in [0.717, 1.165) is 39.2 Å². The van der Waals surface area contributed by atoms with Crippen molar-refractivity contribution in [3.8, 4) is 17.1 Å². The zero-order valence-electron chi connectivity index (χ0n) is 23.4. The molecule has 3 unspecified atom stereocenters. The van der Waals surface area contributed by atoms with Crippen LogP contribution in [0.4, 0.5) is 0 Å². The third-order valence-electron chi connectivity index (χ3n) is 6.58. The second-order valence-corrected chi connectivity index (χ2v) is 11.6. The third kappa shape index (κ3) is 5.70. The summed E-state index contributed by atoms with van der Waals surface area (Å²) in [5.74, 6) is 0.661. The summed E-state index contributed by atoms with van der Waals surface area (Å²) in [4.78, 5) is 19.9. The number of halogens is 1. The minimum atomic E-state index is -0.275. The molecule has 0 radical (unpaired) electrons. The van der Waals surface area contributed by atoms with E-state index in [4.69, 9.17) is 14.8 Å². The van der Waals surface area contributed by atoms with Crippen molar-refractivity contribution in [1.29, 1.82) is 0 Å². The van der Waals surface area contributed by atoms with E-state index in [0.29, 0.717) is 30.9 Å². The Morgan fingerprint density at radius 1 is 1.28 bits per heavy atom. The van der Waals surface area contributed by atoms with Crippen LogP contribution in [0, 0.1) is 6.92 Å². The van der Waals surface area contributed by atoms with E-state index in [-0.39, 0.29) is 24.3 Å². The van der Waals surface area contributed by atoms with Crippen molar-refractivity contribution in [2.45, 2.75) is 53.3 Å². The van der Waals surface area contributed by atoms with Gasteiger partial charge in [0.1, 0.15) is 6.10 Å². The molecule has 0 aliphatic carbocycles. The molecule has 2 bridgehead atoms. The van der Waals surface area contributed by atoms with Crippen LogP contribution in [0.1, 0.15) is 56.4 Å². The van der Waals surface area contributed by atoms with Crippen LogP contribution in [0.25, 0.3) is 34.3 Å². The lowest BCUT2D eigenvalue weighted by molar-refractivity contribution is 0.145. The van der Waals surface area contributed by atoms with Gasteiger partial charge in [-0.2, -0.15) is 10.2 Å². The van der Waals surface area contributed by atoms with Gasteiger partial charge in [-0.1, -0.05) is 13.8 Å². The van der Waals surface area contributed by atoms with Crippen molar-refractivity contribution in [1.82, 2.24) is 39.0 Å². The SMILES string of the molecule is CC.Cc1nn(C)c2c1-c1cc3c(nn(PI)c3cn1)/C=C/c1c(n(C(C)CO)[nH]c1=O)CN(C)CC(C)O2. The number of aliphatic hydroxyl groups is 1. The molecule has 1 aliphatic heterocycles. The highest BCUT2D eigenvalue weighted by atomic mass is 127. The molecule has 0 saturated heterocycles. The maximum absolute atomic E-state index is 13.0. The highest BCUT2D eigenvalue weighted by Crippen LogP contribution is 2.37. The Kier molecular flexibility index (Phi) is 9.30. The Balaban J connectivity index is 0.00000172. The molecule has 3 atom stereocenters. The number of aromatic nitrogens is 7. The zero-order chi connectivity index (χ0) is 28.4. The fourth-order valence-electron chi connectivity index (χ4n) is 4.87. The molecule has 0 saturated carbocycles. The predicted octanol–water partition coefficient (Wildman–Crippen LogP) is 4.38. The second-order valence-electron chi connectivity index (χ2n) is 9.52. The molecule has 210 valence electrons. The van der Waals surface area contributed by atoms with Crippen molar-refractivity contribution in [2.75, 3.05) is 20.2 Å². The highest BCUT2D eigenvalue weighted by Gasteiger charge is 2.24. The van der Waals surface area contributed by atoms with Gasteiger partial charge in [0.15, 0.2) is 0 Å². The molecular formula is C26H36IN8O3P. The van der Waals surface area contributed by atoms with Crippen LogP contribution in [0.5, 0.6) is 5.88 Å². The van der Waals surface area contributed by atoms with E-state index in [2.05, 4.69) is 37.1 Å². The van der Waals surface area contributed by atoms with Crippen LogP contribution in [-0.4, -0.2) is 70.4 Å². The number of nitrogens with one attached hydrogen (secondary N) is 1. The van der Waals surface area contributed by atoms with Gasteiger partial charge in [0, 0.05) is 25.5 Å². The second kappa shape index (κ2) is 12.3. The van der Waals surface area contributed by atoms with E-state index in [9.17, 15) is 9.90 Å². The molecule has 1 aliphatic rings. The van der Waals surface area contributed by atoms with Crippen LogP contribution < -0.4 is 10.3 Å². The number of aryl methyl sites for hydroxylation is 2. The number of pyridine rings is 1. The summed E-state index contributed by atoms with van der Waals surface area (Å²) in [6.07, 6.45) is 5.77. The van der Waals surface area contributed by atoms with Gasteiger partial charge in [0.25, 0.3) is 5.56 Å². The molecule has 0 fully saturated rings. The van der Waals surface area contributed by atoms with Gasteiger partial charge in [-0.05, 0) is 68.1 Å². The Labute approximate surface area is 242 Å². The fraction of sp³-hybridized carbons (Fsp3) is 0.462. The monoisotopic (exact) mass is 666 g/mol. The van der Waals surface area contributed by atoms with E-state index >= 15 is 0 Å². The van der Waals surface area contributed by atoms with Gasteiger partial charge in [0.2, 0.25) is 5.88 Å². The minimum Gasteiger partial charge on any atom is -0.473 e. The molecule has 39 heavy (non-hydrogen) atoms. The maximum atomic E-state index is 13.0. The van der Waals surface area contributed by atoms with Gasteiger partial charge in [-0.15, -0.1) is 0 Å². The fourth-order valence-corrected chi connectivity index (χ4v) is 6.39. The van der Waals surface area contributed by atoms with Gasteiger partial charge < -0.3 is 9.84 Å². The average molecular weight is 667 g/mol. The quantitative estimate of drug-likeness (QED) is 0.246. The molecule has 0 aromatic carbocycles. The van der Waals surface area contributed by atoms with Crippen LogP contribution in [0.3, 0.4) is 0 Å². The van der Waals surface area contributed by atoms with Crippen molar-refractivity contribution in [3.05, 3.63) is 45.3 Å². The van der Waals surface area contributed by atoms with E-state index in [1.54, 1.807) is 9.36 Å². The number of aliphatic hydroxyl groups excluding tert-OH is 1. The van der Waals surface area contributed by atoms with Gasteiger partial charge in [-0.25, -0.2) is 9.13 Å². The minimum absolute atomic E-state index is 0.0893. The summed E-state index contributed by atoms with van der Waals surface area (Å²) >= 11 is 2.30. The summed E-state index contributed by atoms with van der Waals surface area (Å²) < 4.78 is 11.9. The number of fused-ring (bicyclic) bond motifs is 4. The summed E-state index contributed by atoms with van der Waals surface area (Å²) in [5, 5.41) is 23.1. The lowest BCUT2D eigenvalue weighted by Crippen LogP contribution is -2.32. The Morgan fingerprint density at radius 2 is 2.03 bits per heavy atom. The molecule has 13 heteroatoms. The Hall–Kier alpha value is -2.54. The van der Waals surface area contributed by atoms with Crippen LogP contribution in [0.2, 0.25) is 0 Å². The average Bonchev–Trinajstić information content (AvgIpc) is 3.52. The molecule has 4 aromatic rings. The number of hydrogen-bond donors (Lipinski definition) is 2. The number of hydrogen-bond acceptors (Lipinski definition) is 7. The van der Waals surface area contributed by atoms with Gasteiger partial charge in [-0.3, -0.25) is 24.5 Å². The van der Waals surface area contributed by atoms with Crippen molar-refractivity contribution >= 4 is 51.5 Å². The van der Waals surface area contributed by atoms with Crippen LogP contribution in [0.15, 0.2) is 17.1 Å². The predicted molar refractivity (Wildman–Crippen MR) is 166 cm³/mol. The zero-order valence-corrected chi connectivity index (χ0v) is 26.5. The topological polar surface area (TPSA) is 119 Å². The summed E-state index contributed by atoms with van der Waals surface area (Å²) in [6.45, 7) is 10.9. The summed E-state index contributed by atoms with van der Waals surface area (Å²) in [5.41, 5.74) is 5.26. The normalized spacial score (nSPS) is 17.7. The molecule has 0 amide bonds. The van der Waals surface area contributed by atoms with Gasteiger partial charge >= 0.3 is 0 Å². The van der Waals surface area contributed by atoms with Crippen molar-refractivity contribution < 1.29 is 9.84 Å². The van der Waals surface area contributed by atoms with Crippen LogP contribution in [-0.2, 0) is 13.6 Å². The number of likely N-dealkylation sites (N-methyl/N-ethyl adjacent to an activating group) is 1. The molecular weight excluding hydrogens is 630 g/mol.